The van der Waals surface area contributed by atoms with E-state index in [1.54, 1.807) is 0 Å². The Balaban J connectivity index is 2.38. The van der Waals surface area contributed by atoms with E-state index in [4.69, 9.17) is 0 Å². The zero-order valence-electron chi connectivity index (χ0n) is 9.29. The summed E-state index contributed by atoms with van der Waals surface area (Å²) < 4.78 is 11.2. The Morgan fingerprint density at radius 2 is 2.07 bits per heavy atom. The molecule has 0 saturated carbocycles. The maximum absolute atomic E-state index is 11.2. The molecule has 1 unspecified atom stereocenters. The third-order valence-corrected chi connectivity index (χ3v) is 4.07. The molecule has 1 aliphatic rings. The van der Waals surface area contributed by atoms with E-state index in [1.165, 1.54) is 12.8 Å². The highest BCUT2D eigenvalue weighted by molar-refractivity contribution is 7.85. The van der Waals surface area contributed by atoms with Gasteiger partial charge in [-0.2, -0.15) is 0 Å². The van der Waals surface area contributed by atoms with Crippen molar-refractivity contribution in [2.24, 2.45) is 0 Å². The normalized spacial score (nSPS) is 22.4. The summed E-state index contributed by atoms with van der Waals surface area (Å²) >= 11 is 0. The molecular formula is C10H22N2OS. The molecule has 84 valence electrons. The topological polar surface area (TPSA) is 32.3 Å². The van der Waals surface area contributed by atoms with Crippen LogP contribution >= 0.6 is 0 Å². The summed E-state index contributed by atoms with van der Waals surface area (Å²) in [4.78, 5) is 2.49. The van der Waals surface area contributed by atoms with Gasteiger partial charge in [-0.15, -0.1) is 0 Å². The molecule has 1 fully saturated rings. The lowest BCUT2D eigenvalue weighted by Gasteiger charge is -2.34. The van der Waals surface area contributed by atoms with E-state index in [1.807, 2.05) is 7.05 Å². The zero-order valence-corrected chi connectivity index (χ0v) is 10.1. The molecule has 0 amide bonds. The molecule has 0 bridgehead atoms. The van der Waals surface area contributed by atoms with Gasteiger partial charge in [-0.1, -0.05) is 13.3 Å². The fraction of sp³-hybridized carbons (Fsp3) is 1.00. The maximum atomic E-state index is 11.2. The molecule has 0 aromatic rings. The molecule has 1 aliphatic heterocycles. The Labute approximate surface area is 89.7 Å². The Morgan fingerprint density at radius 1 is 1.43 bits per heavy atom. The average molecular weight is 218 g/mol. The maximum Gasteiger partial charge on any atom is 0.0363 e. The number of rotatable bonds is 5. The largest absolute Gasteiger partial charge is 0.318 e. The van der Waals surface area contributed by atoms with Crippen LogP contribution in [0.1, 0.15) is 19.8 Å². The van der Waals surface area contributed by atoms with Crippen molar-refractivity contribution < 1.29 is 4.21 Å². The molecular weight excluding hydrogens is 196 g/mol. The molecule has 0 spiro atoms. The first-order valence-electron chi connectivity index (χ1n) is 5.51. The van der Waals surface area contributed by atoms with Gasteiger partial charge < -0.3 is 5.32 Å². The second-order valence-electron chi connectivity index (χ2n) is 3.88. The van der Waals surface area contributed by atoms with Gasteiger partial charge in [0, 0.05) is 48.0 Å². The molecule has 1 saturated heterocycles. The second kappa shape index (κ2) is 6.53. The molecule has 1 atom stereocenters. The monoisotopic (exact) mass is 218 g/mol. The molecule has 0 aromatic carbocycles. The van der Waals surface area contributed by atoms with Crippen molar-refractivity contribution in [2.75, 3.05) is 38.2 Å². The summed E-state index contributed by atoms with van der Waals surface area (Å²) in [6, 6.07) is 0.641. The first-order valence-corrected chi connectivity index (χ1v) is 7.00. The van der Waals surface area contributed by atoms with Crippen molar-refractivity contribution in [1.82, 2.24) is 10.2 Å². The van der Waals surface area contributed by atoms with E-state index < -0.39 is 10.8 Å². The van der Waals surface area contributed by atoms with Crippen molar-refractivity contribution in [3.8, 4) is 0 Å². The molecule has 14 heavy (non-hydrogen) atoms. The first kappa shape index (κ1) is 12.1. The van der Waals surface area contributed by atoms with Gasteiger partial charge in [-0.25, -0.2) is 0 Å². The van der Waals surface area contributed by atoms with Crippen LogP contribution in [0.3, 0.4) is 0 Å². The quantitative estimate of drug-likeness (QED) is 0.727. The molecule has 0 aliphatic carbocycles. The van der Waals surface area contributed by atoms with Gasteiger partial charge in [0.15, 0.2) is 0 Å². The third kappa shape index (κ3) is 3.67. The van der Waals surface area contributed by atoms with Crippen LogP contribution in [0.5, 0.6) is 0 Å². The minimum absolute atomic E-state index is 0.547. The van der Waals surface area contributed by atoms with Gasteiger partial charge in [0.25, 0.3) is 0 Å². The summed E-state index contributed by atoms with van der Waals surface area (Å²) in [7, 11) is 1.46. The average Bonchev–Trinajstić information content (AvgIpc) is 2.19. The van der Waals surface area contributed by atoms with E-state index in [0.717, 1.165) is 31.1 Å². The van der Waals surface area contributed by atoms with E-state index in [2.05, 4.69) is 17.1 Å². The standard InChI is InChI=1S/C10H22N2OS/c1-3-4-10(9-11-2)12-5-7-14(13)8-6-12/h10-11H,3-9H2,1-2H3. The molecule has 1 rings (SSSR count). The molecule has 3 nitrogen and oxygen atoms in total. The smallest absolute Gasteiger partial charge is 0.0363 e. The van der Waals surface area contributed by atoms with Crippen LogP contribution in [-0.4, -0.2) is 53.3 Å². The summed E-state index contributed by atoms with van der Waals surface area (Å²) in [5, 5.41) is 3.24. The summed E-state index contributed by atoms with van der Waals surface area (Å²) in [6.45, 7) is 5.31. The minimum Gasteiger partial charge on any atom is -0.318 e. The number of nitrogens with zero attached hydrogens (tertiary/aromatic N) is 1. The van der Waals surface area contributed by atoms with Gasteiger partial charge in [-0.05, 0) is 13.5 Å². The SMILES string of the molecule is CCCC(CNC)N1CCS(=O)CC1. The van der Waals surface area contributed by atoms with Crippen LogP contribution in [0.15, 0.2) is 0 Å². The van der Waals surface area contributed by atoms with Crippen molar-refractivity contribution in [3.05, 3.63) is 0 Å². The molecule has 1 heterocycles. The number of likely N-dealkylation sites (N-methyl/N-ethyl adjacent to an activating group) is 1. The Kier molecular flexibility index (Phi) is 5.67. The molecule has 0 aromatic heterocycles. The molecule has 0 radical (unpaired) electrons. The predicted octanol–water partition coefficient (Wildman–Crippen LogP) is 0.439. The van der Waals surface area contributed by atoms with Crippen LogP contribution in [-0.2, 0) is 10.8 Å². The van der Waals surface area contributed by atoms with Gasteiger partial charge >= 0.3 is 0 Å². The van der Waals surface area contributed by atoms with Gasteiger partial charge in [0.1, 0.15) is 0 Å². The third-order valence-electron chi connectivity index (χ3n) is 2.79. The Hall–Kier alpha value is 0.0700. The van der Waals surface area contributed by atoms with E-state index in [9.17, 15) is 4.21 Å². The minimum atomic E-state index is -0.547. The van der Waals surface area contributed by atoms with Crippen molar-refractivity contribution in [3.63, 3.8) is 0 Å². The van der Waals surface area contributed by atoms with Gasteiger partial charge in [0.2, 0.25) is 0 Å². The van der Waals surface area contributed by atoms with E-state index >= 15 is 0 Å². The summed E-state index contributed by atoms with van der Waals surface area (Å²) in [6.07, 6.45) is 2.47. The highest BCUT2D eigenvalue weighted by Gasteiger charge is 2.21. The predicted molar refractivity (Wildman–Crippen MR) is 62.1 cm³/mol. The van der Waals surface area contributed by atoms with Crippen LogP contribution in [0.2, 0.25) is 0 Å². The van der Waals surface area contributed by atoms with Crippen LogP contribution in [0, 0.1) is 0 Å². The fourth-order valence-electron chi connectivity index (χ4n) is 2.00. The Morgan fingerprint density at radius 3 is 2.57 bits per heavy atom. The number of hydrogen-bond acceptors (Lipinski definition) is 3. The lowest BCUT2D eigenvalue weighted by Crippen LogP contribution is -2.48. The summed E-state index contributed by atoms with van der Waals surface area (Å²) in [5.41, 5.74) is 0. The highest BCUT2D eigenvalue weighted by Crippen LogP contribution is 2.10. The Bertz CT molecular complexity index is 171. The van der Waals surface area contributed by atoms with Crippen LogP contribution < -0.4 is 5.32 Å². The van der Waals surface area contributed by atoms with E-state index in [-0.39, 0.29) is 0 Å². The fourth-order valence-corrected chi connectivity index (χ4v) is 3.08. The molecule has 4 heteroatoms. The van der Waals surface area contributed by atoms with Gasteiger partial charge in [-0.3, -0.25) is 9.11 Å². The van der Waals surface area contributed by atoms with Crippen LogP contribution in [0.4, 0.5) is 0 Å². The first-order chi connectivity index (χ1) is 6.77. The van der Waals surface area contributed by atoms with Crippen molar-refractivity contribution in [2.45, 2.75) is 25.8 Å². The van der Waals surface area contributed by atoms with Crippen molar-refractivity contribution in [1.29, 1.82) is 0 Å². The van der Waals surface area contributed by atoms with Crippen LogP contribution in [0.25, 0.3) is 0 Å². The highest BCUT2D eigenvalue weighted by atomic mass is 32.2. The lowest BCUT2D eigenvalue weighted by molar-refractivity contribution is 0.200. The molecule has 1 N–H and O–H groups in total. The van der Waals surface area contributed by atoms with Crippen molar-refractivity contribution >= 4 is 10.8 Å². The number of nitrogens with one attached hydrogen (secondary N) is 1. The second-order valence-corrected chi connectivity index (χ2v) is 5.58. The number of hydrogen-bond donors (Lipinski definition) is 1. The zero-order chi connectivity index (χ0) is 10.4. The van der Waals surface area contributed by atoms with E-state index in [0.29, 0.717) is 6.04 Å². The van der Waals surface area contributed by atoms with Gasteiger partial charge in [0.05, 0.1) is 0 Å². The summed E-state index contributed by atoms with van der Waals surface area (Å²) in [5.74, 6) is 1.73. The lowest BCUT2D eigenvalue weighted by atomic mass is 10.1.